The zero-order chi connectivity index (χ0) is 10.6. The summed E-state index contributed by atoms with van der Waals surface area (Å²) in [5.74, 6) is 0. The molecule has 17 heavy (non-hydrogen) atoms. The Morgan fingerprint density at radius 2 is 1.24 bits per heavy atom. The van der Waals surface area contributed by atoms with Crippen LogP contribution in [0, 0.1) is 6.92 Å². The number of hydrogen-bond donors (Lipinski definition) is 0. The Morgan fingerprint density at radius 1 is 0.882 bits per heavy atom. The van der Waals surface area contributed by atoms with Crippen molar-refractivity contribution in [1.29, 1.82) is 0 Å². The molecule has 0 bridgehead atoms. The van der Waals surface area contributed by atoms with Crippen molar-refractivity contribution in [2.75, 3.05) is 0 Å². The van der Waals surface area contributed by atoms with Crippen molar-refractivity contribution >= 4 is 21.1 Å². The van der Waals surface area contributed by atoms with Crippen LogP contribution in [0.1, 0.15) is 5.56 Å². The van der Waals surface area contributed by atoms with Crippen molar-refractivity contribution in [3.63, 3.8) is 0 Å². The van der Waals surface area contributed by atoms with Gasteiger partial charge in [0, 0.05) is 0 Å². The largest absolute Gasteiger partial charge is 4.00 e. The molecule has 2 aromatic rings. The van der Waals surface area contributed by atoms with E-state index in [1.807, 2.05) is 42.5 Å². The fourth-order valence-electron chi connectivity index (χ4n) is 0.791. The predicted octanol–water partition coefficient (Wildman–Crippen LogP) is -2.36. The van der Waals surface area contributed by atoms with Crippen LogP contribution in [-0.2, 0) is 21.7 Å². The minimum Gasteiger partial charge on any atom is -1.00 e. The third-order valence-electron chi connectivity index (χ3n) is 1.38. The van der Waals surface area contributed by atoms with Gasteiger partial charge in [-0.15, -0.1) is 0 Å². The fraction of sp³-hybridized carbons (Fsp3) is 0.231. The van der Waals surface area contributed by atoms with Crippen molar-refractivity contribution in [1.82, 2.24) is 0 Å². The van der Waals surface area contributed by atoms with Gasteiger partial charge in [0.05, 0.1) is 0 Å². The molecule has 0 saturated carbocycles. The second-order valence-corrected chi connectivity index (χ2v) is 6.30. The minimum atomic E-state index is 0. The van der Waals surface area contributed by atoms with Gasteiger partial charge in [-0.1, -0.05) is 6.92 Å². The van der Waals surface area contributed by atoms with E-state index < -0.39 is 0 Å². The van der Waals surface area contributed by atoms with Crippen LogP contribution in [0.25, 0.3) is 0 Å². The van der Waals surface area contributed by atoms with Gasteiger partial charge in [-0.25, -0.2) is 24.3 Å². The van der Waals surface area contributed by atoms with Gasteiger partial charge in [0.25, 0.3) is 0 Å². The standard InChI is InChI=1S/C6H7.C5H5.2CH3.2ClH.Sn.Ti.H/c1-6-4-2-3-5-6;1-2-4-5-3-1;;;;;;;/h2-5H,1H3;1-5H;2*1H3;2*1H;;;/q2*-1;;;;;;+4;/p-2. The second-order valence-electron chi connectivity index (χ2n) is 3.00. The van der Waals surface area contributed by atoms with E-state index in [1.54, 1.807) is 0 Å². The molecule has 0 heterocycles. The van der Waals surface area contributed by atoms with Gasteiger partial charge >= 0.3 is 52.7 Å². The predicted molar refractivity (Wildman–Crippen MR) is 67.7 cm³/mol. The summed E-state index contributed by atoms with van der Waals surface area (Å²) < 4.78 is 0. The number of halogens is 2. The molecule has 0 amide bonds. The molecule has 0 saturated heterocycles. The van der Waals surface area contributed by atoms with Gasteiger partial charge in [-0.3, -0.25) is 0 Å². The molecule has 2 aromatic carbocycles. The van der Waals surface area contributed by atoms with Crippen molar-refractivity contribution in [3.05, 3.63) is 60.2 Å². The summed E-state index contributed by atoms with van der Waals surface area (Å²) >= 11 is 0.110. The first kappa shape index (κ1) is 26.4. The molecule has 0 aliphatic heterocycles. The maximum absolute atomic E-state index is 2.32. The summed E-state index contributed by atoms with van der Waals surface area (Å²) in [7, 11) is 0. The van der Waals surface area contributed by atoms with Crippen LogP contribution >= 0.6 is 0 Å². The Bertz CT molecular complexity index is 250. The Balaban J connectivity index is -0.0000000718. The van der Waals surface area contributed by atoms with E-state index in [1.165, 1.54) is 5.56 Å². The molecule has 4 heteroatoms. The summed E-state index contributed by atoms with van der Waals surface area (Å²) in [6, 6.07) is 18.2. The van der Waals surface area contributed by atoms with E-state index >= 15 is 0 Å². The van der Waals surface area contributed by atoms with E-state index in [2.05, 4.69) is 28.9 Å². The molecule has 0 nitrogen and oxygen atoms in total. The summed E-state index contributed by atoms with van der Waals surface area (Å²) in [5, 5.41) is 0. The summed E-state index contributed by atoms with van der Waals surface area (Å²) in [6.07, 6.45) is 0. The Hall–Kier alpha value is 0.793. The summed E-state index contributed by atoms with van der Waals surface area (Å²) in [5.41, 5.74) is 1.34. The van der Waals surface area contributed by atoms with E-state index in [0.717, 1.165) is 0 Å². The van der Waals surface area contributed by atoms with Crippen molar-refractivity contribution in [2.24, 2.45) is 0 Å². The average Bonchev–Trinajstić information content (AvgIpc) is 2.78. The first-order chi connectivity index (χ1) is 6.81. The molecule has 0 N–H and O–H groups in total. The van der Waals surface area contributed by atoms with Crippen molar-refractivity contribution in [3.8, 4) is 0 Å². The van der Waals surface area contributed by atoms with Gasteiger partial charge in [0.1, 0.15) is 0 Å². The monoisotopic (exact) mass is 413 g/mol. The van der Waals surface area contributed by atoms with Gasteiger partial charge in [-0.2, -0.15) is 35.9 Å². The average molecular weight is 413 g/mol. The van der Waals surface area contributed by atoms with Crippen molar-refractivity contribution < 1.29 is 46.5 Å². The second kappa shape index (κ2) is 22.0. The third kappa shape index (κ3) is 22.5. The van der Waals surface area contributed by atoms with Crippen LogP contribution in [0.4, 0.5) is 0 Å². The van der Waals surface area contributed by atoms with Crippen LogP contribution < -0.4 is 24.8 Å². The first-order valence-corrected chi connectivity index (χ1v) is 11.5. The van der Waals surface area contributed by atoms with E-state index in [4.69, 9.17) is 0 Å². The Labute approximate surface area is 143 Å². The minimum absolute atomic E-state index is 0. The first-order valence-electron chi connectivity index (χ1n) is 4.90. The molecule has 0 aliphatic rings. The molecule has 0 unspecified atom stereocenters. The number of hydrogen-bond acceptors (Lipinski definition) is 0. The van der Waals surface area contributed by atoms with Gasteiger partial charge in [0.2, 0.25) is 0 Å². The van der Waals surface area contributed by atoms with E-state index in [-0.39, 0.29) is 67.7 Å². The molecule has 0 aromatic heterocycles. The molecule has 2 rings (SSSR count). The normalized spacial score (nSPS) is 6.53. The van der Waals surface area contributed by atoms with Crippen LogP contribution in [0.2, 0.25) is 9.88 Å². The summed E-state index contributed by atoms with van der Waals surface area (Å²) in [4.78, 5) is 4.63. The molecule has 0 atom stereocenters. The fourth-order valence-corrected chi connectivity index (χ4v) is 0.791. The molecule has 0 spiro atoms. The molecule has 0 aliphatic carbocycles. The van der Waals surface area contributed by atoms with Crippen LogP contribution in [-0.4, -0.2) is 21.1 Å². The number of aryl methyl sites for hydroxylation is 1. The smallest absolute Gasteiger partial charge is 1.00 e. The molecule has 93 valence electrons. The van der Waals surface area contributed by atoms with Gasteiger partial charge in [-0.05, 0) is 0 Å². The molecule has 1 radical (unpaired) electrons. The zero-order valence-corrected chi connectivity index (χ0v) is 16.9. The van der Waals surface area contributed by atoms with E-state index in [9.17, 15) is 0 Å². The SMILES string of the molecule is C[c-]1cccc1.[CH3][SnH][CH3].[Cl-].[Cl-].[Ti+4].c1cc[cH-]c1. The Kier molecular flexibility index (Phi) is 34.2. The third-order valence-corrected chi connectivity index (χ3v) is 1.38. The molecule has 0 fully saturated rings. The molecular formula is C13H19Cl2SnTi. The Morgan fingerprint density at radius 3 is 1.35 bits per heavy atom. The van der Waals surface area contributed by atoms with E-state index in [0.29, 0.717) is 0 Å². The van der Waals surface area contributed by atoms with Gasteiger partial charge in [0.15, 0.2) is 0 Å². The summed E-state index contributed by atoms with van der Waals surface area (Å²) in [6.45, 7) is 2.08. The van der Waals surface area contributed by atoms with Crippen LogP contribution in [0.5, 0.6) is 0 Å². The topological polar surface area (TPSA) is 0 Å². The molecular weight excluding hydrogens is 394 g/mol. The maximum atomic E-state index is 2.32. The van der Waals surface area contributed by atoms with Crippen LogP contribution in [0.15, 0.2) is 54.6 Å². The van der Waals surface area contributed by atoms with Gasteiger partial charge < -0.3 is 24.8 Å². The zero-order valence-electron chi connectivity index (χ0n) is 10.5. The quantitative estimate of drug-likeness (QED) is 0.336. The maximum Gasteiger partial charge on any atom is 4.00 e. The van der Waals surface area contributed by atoms with Crippen LogP contribution in [0.3, 0.4) is 0 Å². The number of rotatable bonds is 0. The van der Waals surface area contributed by atoms with Crippen molar-refractivity contribution in [2.45, 2.75) is 16.8 Å².